The first-order chi connectivity index (χ1) is 13.2. The molecule has 0 spiro atoms. The van der Waals surface area contributed by atoms with Crippen LogP contribution in [0.1, 0.15) is 24.1 Å². The van der Waals surface area contributed by atoms with Gasteiger partial charge in [-0.25, -0.2) is 4.98 Å². The fourth-order valence-corrected chi connectivity index (χ4v) is 3.81. The Labute approximate surface area is 159 Å². The van der Waals surface area contributed by atoms with Crippen LogP contribution in [0.4, 0.5) is 0 Å². The predicted molar refractivity (Wildman–Crippen MR) is 112 cm³/mol. The third-order valence-corrected chi connectivity index (χ3v) is 5.14. The maximum atomic E-state index is 5.72. The number of rotatable bonds is 6. The van der Waals surface area contributed by atoms with Crippen LogP contribution in [0.25, 0.3) is 33.1 Å². The largest absolute Gasteiger partial charge is 0.494 e. The summed E-state index contributed by atoms with van der Waals surface area (Å²) < 4.78 is 5.56. The summed E-state index contributed by atoms with van der Waals surface area (Å²) in [5, 5.41) is 2.39. The van der Waals surface area contributed by atoms with Gasteiger partial charge in [-0.05, 0) is 62.6 Å². The number of pyridine rings is 1. The molecule has 0 aliphatic carbocycles. The van der Waals surface area contributed by atoms with Crippen LogP contribution < -0.4 is 10.5 Å². The number of nitrogens with zero attached hydrogens (tertiary/aromatic N) is 1. The third-order valence-electron chi connectivity index (χ3n) is 5.14. The molecule has 0 saturated heterocycles. The quantitative estimate of drug-likeness (QED) is 0.477. The van der Waals surface area contributed by atoms with Crippen LogP contribution in [0.5, 0.6) is 5.75 Å². The minimum atomic E-state index is 0.729. The molecule has 4 nitrogen and oxygen atoms in total. The molecule has 2 heterocycles. The molecule has 0 amide bonds. The molecule has 0 saturated carbocycles. The number of hydrogen-bond acceptors (Lipinski definition) is 3. The number of methoxy groups -OCH3 is 1. The van der Waals surface area contributed by atoms with Gasteiger partial charge in [-0.15, -0.1) is 0 Å². The van der Waals surface area contributed by atoms with E-state index in [1.807, 2.05) is 13.0 Å². The Morgan fingerprint density at radius 1 is 1.00 bits per heavy atom. The highest BCUT2D eigenvalue weighted by atomic mass is 16.5. The summed E-state index contributed by atoms with van der Waals surface area (Å²) in [6.07, 6.45) is 3.11. The summed E-state index contributed by atoms with van der Waals surface area (Å²) in [7, 11) is 1.69. The van der Waals surface area contributed by atoms with Crippen molar-refractivity contribution in [3.63, 3.8) is 0 Å². The topological polar surface area (TPSA) is 63.9 Å². The van der Waals surface area contributed by atoms with E-state index in [1.165, 1.54) is 22.2 Å². The molecule has 0 atom stereocenters. The molecule has 0 fully saturated rings. The molecule has 0 bridgehead atoms. The number of H-pyrrole nitrogens is 1. The van der Waals surface area contributed by atoms with Crippen LogP contribution in [0.2, 0.25) is 0 Å². The zero-order valence-electron chi connectivity index (χ0n) is 15.9. The number of unbranched alkanes of at least 4 members (excludes halogenated alkanes) is 1. The van der Waals surface area contributed by atoms with Gasteiger partial charge in [-0.1, -0.05) is 24.3 Å². The maximum Gasteiger partial charge on any atom is 0.145 e. The standard InChI is InChI=1S/C23H25N3O/c1-15-10-11-19-18(12-13-21(27-2)23(19)25-15)22-17(8-5-6-14-24)16-7-3-4-9-20(16)26-22/h3-4,7,9-13,26H,5-6,8,14,24H2,1-2H3. The maximum absolute atomic E-state index is 5.72. The lowest BCUT2D eigenvalue weighted by Crippen LogP contribution is -1.99. The molecule has 0 radical (unpaired) electrons. The van der Waals surface area contributed by atoms with Crippen LogP contribution >= 0.6 is 0 Å². The summed E-state index contributed by atoms with van der Waals surface area (Å²) in [6.45, 7) is 2.74. The lowest BCUT2D eigenvalue weighted by Gasteiger charge is -2.12. The number of para-hydroxylation sites is 1. The first kappa shape index (κ1) is 17.6. The Morgan fingerprint density at radius 3 is 2.67 bits per heavy atom. The molecule has 4 rings (SSSR count). The molecule has 2 aromatic heterocycles. The molecule has 27 heavy (non-hydrogen) atoms. The van der Waals surface area contributed by atoms with Gasteiger partial charge in [-0.3, -0.25) is 0 Å². The summed E-state index contributed by atoms with van der Waals surface area (Å²) in [4.78, 5) is 8.39. The Morgan fingerprint density at radius 2 is 1.85 bits per heavy atom. The van der Waals surface area contributed by atoms with Crippen molar-refractivity contribution in [2.75, 3.05) is 13.7 Å². The van der Waals surface area contributed by atoms with E-state index >= 15 is 0 Å². The fraction of sp³-hybridized carbons (Fsp3) is 0.261. The molecule has 0 aliphatic heterocycles. The molecule has 0 unspecified atom stereocenters. The smallest absolute Gasteiger partial charge is 0.145 e. The van der Waals surface area contributed by atoms with Crippen LogP contribution in [-0.4, -0.2) is 23.6 Å². The highest BCUT2D eigenvalue weighted by Crippen LogP contribution is 2.38. The van der Waals surface area contributed by atoms with Gasteiger partial charge in [0.05, 0.1) is 12.8 Å². The van der Waals surface area contributed by atoms with Gasteiger partial charge in [0, 0.05) is 27.5 Å². The summed E-state index contributed by atoms with van der Waals surface area (Å²) in [5.74, 6) is 0.804. The SMILES string of the molecule is COc1ccc(-c2[nH]c3ccccc3c2CCCCN)c2ccc(C)nc12. The van der Waals surface area contributed by atoms with E-state index < -0.39 is 0 Å². The number of hydrogen-bond donors (Lipinski definition) is 2. The molecule has 4 heteroatoms. The van der Waals surface area contributed by atoms with E-state index in [0.29, 0.717) is 0 Å². The van der Waals surface area contributed by atoms with Crippen LogP contribution in [0, 0.1) is 6.92 Å². The second-order valence-corrected chi connectivity index (χ2v) is 6.93. The number of aromatic nitrogens is 2. The summed E-state index contributed by atoms with van der Waals surface area (Å²) in [6, 6.07) is 16.9. The lowest BCUT2D eigenvalue weighted by molar-refractivity contribution is 0.419. The van der Waals surface area contributed by atoms with E-state index in [0.717, 1.165) is 53.7 Å². The minimum Gasteiger partial charge on any atom is -0.494 e. The predicted octanol–water partition coefficient (Wildman–Crippen LogP) is 4.98. The number of benzene rings is 2. The van der Waals surface area contributed by atoms with E-state index in [2.05, 4.69) is 47.4 Å². The van der Waals surface area contributed by atoms with E-state index in [1.54, 1.807) is 7.11 Å². The fourth-order valence-electron chi connectivity index (χ4n) is 3.81. The van der Waals surface area contributed by atoms with Crippen molar-refractivity contribution < 1.29 is 4.74 Å². The van der Waals surface area contributed by atoms with Gasteiger partial charge in [0.25, 0.3) is 0 Å². The molecule has 138 valence electrons. The number of fused-ring (bicyclic) bond motifs is 2. The van der Waals surface area contributed by atoms with Crippen LogP contribution in [0.15, 0.2) is 48.5 Å². The highest BCUT2D eigenvalue weighted by molar-refractivity contribution is 6.01. The van der Waals surface area contributed by atoms with Gasteiger partial charge < -0.3 is 15.5 Å². The van der Waals surface area contributed by atoms with Crippen molar-refractivity contribution in [3.8, 4) is 17.0 Å². The number of nitrogens with two attached hydrogens (primary N) is 1. The van der Waals surface area contributed by atoms with Crippen molar-refractivity contribution in [1.29, 1.82) is 0 Å². The number of aryl methyl sites for hydroxylation is 2. The molecular formula is C23H25N3O. The third kappa shape index (κ3) is 3.17. The Kier molecular flexibility index (Phi) is 4.82. The normalized spacial score (nSPS) is 11.4. The average molecular weight is 359 g/mol. The van der Waals surface area contributed by atoms with Crippen molar-refractivity contribution in [3.05, 3.63) is 59.8 Å². The van der Waals surface area contributed by atoms with Crippen molar-refractivity contribution >= 4 is 21.8 Å². The van der Waals surface area contributed by atoms with E-state index in [-0.39, 0.29) is 0 Å². The van der Waals surface area contributed by atoms with Gasteiger partial charge in [0.1, 0.15) is 11.3 Å². The Bertz CT molecular complexity index is 1100. The second kappa shape index (κ2) is 7.41. The first-order valence-electron chi connectivity index (χ1n) is 9.47. The van der Waals surface area contributed by atoms with Crippen molar-refractivity contribution in [2.45, 2.75) is 26.2 Å². The number of ether oxygens (including phenoxy) is 1. The monoisotopic (exact) mass is 359 g/mol. The Hall–Kier alpha value is -2.85. The molecule has 4 aromatic rings. The van der Waals surface area contributed by atoms with Gasteiger partial charge in [-0.2, -0.15) is 0 Å². The summed E-state index contributed by atoms with van der Waals surface area (Å²) in [5.41, 5.74) is 12.5. The van der Waals surface area contributed by atoms with Gasteiger partial charge in [0.15, 0.2) is 0 Å². The number of aromatic amines is 1. The zero-order valence-corrected chi connectivity index (χ0v) is 15.9. The number of nitrogens with one attached hydrogen (secondary N) is 1. The first-order valence-corrected chi connectivity index (χ1v) is 9.47. The van der Waals surface area contributed by atoms with Crippen molar-refractivity contribution in [2.24, 2.45) is 5.73 Å². The van der Waals surface area contributed by atoms with E-state index in [9.17, 15) is 0 Å². The van der Waals surface area contributed by atoms with E-state index in [4.69, 9.17) is 15.5 Å². The van der Waals surface area contributed by atoms with Crippen LogP contribution in [0.3, 0.4) is 0 Å². The average Bonchev–Trinajstić information content (AvgIpc) is 3.05. The lowest BCUT2D eigenvalue weighted by atomic mass is 9.97. The molecular weight excluding hydrogens is 334 g/mol. The second-order valence-electron chi connectivity index (χ2n) is 6.93. The molecule has 2 aromatic carbocycles. The molecule has 0 aliphatic rings. The highest BCUT2D eigenvalue weighted by Gasteiger charge is 2.17. The molecule has 3 N–H and O–H groups in total. The Balaban J connectivity index is 1.95. The minimum absolute atomic E-state index is 0.729. The van der Waals surface area contributed by atoms with Crippen LogP contribution in [-0.2, 0) is 6.42 Å². The van der Waals surface area contributed by atoms with Crippen molar-refractivity contribution in [1.82, 2.24) is 9.97 Å². The van der Waals surface area contributed by atoms with Gasteiger partial charge in [0.2, 0.25) is 0 Å². The zero-order chi connectivity index (χ0) is 18.8. The summed E-state index contributed by atoms with van der Waals surface area (Å²) >= 11 is 0. The van der Waals surface area contributed by atoms with Gasteiger partial charge >= 0.3 is 0 Å².